The van der Waals surface area contributed by atoms with E-state index in [-0.39, 0.29) is 18.3 Å². The van der Waals surface area contributed by atoms with Crippen molar-refractivity contribution in [2.75, 3.05) is 19.6 Å². The fourth-order valence-corrected chi connectivity index (χ4v) is 4.19. The lowest BCUT2D eigenvalue weighted by molar-refractivity contribution is -0.183. The molecule has 0 amide bonds. The Morgan fingerprint density at radius 3 is 1.42 bits per heavy atom. The normalized spacial score (nSPS) is 21.0. The van der Waals surface area contributed by atoms with E-state index in [2.05, 4.69) is 47.9 Å². The predicted molar refractivity (Wildman–Crippen MR) is 132 cm³/mol. The van der Waals surface area contributed by atoms with Crippen molar-refractivity contribution in [3.63, 3.8) is 0 Å². The maximum absolute atomic E-state index is 6.50. The van der Waals surface area contributed by atoms with Crippen molar-refractivity contribution in [2.24, 2.45) is 0 Å². The van der Waals surface area contributed by atoms with Gasteiger partial charge in [-0.05, 0) is 16.7 Å². The molecule has 0 saturated carbocycles. The first kappa shape index (κ1) is 23.4. The van der Waals surface area contributed by atoms with Crippen LogP contribution in [0.5, 0.6) is 0 Å². The van der Waals surface area contributed by atoms with Crippen LogP contribution >= 0.6 is 0 Å². The Morgan fingerprint density at radius 1 is 0.636 bits per heavy atom. The van der Waals surface area contributed by atoms with E-state index in [9.17, 15) is 0 Å². The van der Waals surface area contributed by atoms with Crippen LogP contribution in [0.4, 0.5) is 0 Å². The molecule has 1 unspecified atom stereocenters. The summed E-state index contributed by atoms with van der Waals surface area (Å²) in [5.74, 6) is 0. The van der Waals surface area contributed by atoms with Gasteiger partial charge in [-0.15, -0.1) is 6.58 Å². The van der Waals surface area contributed by atoms with E-state index in [4.69, 9.17) is 14.2 Å². The van der Waals surface area contributed by atoms with E-state index >= 15 is 0 Å². The second-order valence-corrected chi connectivity index (χ2v) is 8.44. The Hall–Kier alpha value is -2.76. The number of ether oxygens (including phenoxy) is 3. The van der Waals surface area contributed by atoms with Crippen LogP contribution in [0.1, 0.15) is 16.7 Å². The zero-order valence-electron chi connectivity index (χ0n) is 19.1. The summed E-state index contributed by atoms with van der Waals surface area (Å²) in [5, 5.41) is 0. The Morgan fingerprint density at radius 2 is 1.03 bits per heavy atom. The molecular formula is C29H33NO3. The van der Waals surface area contributed by atoms with Crippen molar-refractivity contribution in [2.45, 2.75) is 38.1 Å². The largest absolute Gasteiger partial charge is 0.369 e. The van der Waals surface area contributed by atoms with Gasteiger partial charge in [0.05, 0.1) is 32.0 Å². The van der Waals surface area contributed by atoms with Crippen LogP contribution in [0, 0.1) is 0 Å². The Bertz CT molecular complexity index is 895. The molecule has 0 spiro atoms. The summed E-state index contributed by atoms with van der Waals surface area (Å²) in [7, 11) is 0. The van der Waals surface area contributed by atoms with Gasteiger partial charge in [0.15, 0.2) is 0 Å². The zero-order valence-corrected chi connectivity index (χ0v) is 19.1. The van der Waals surface area contributed by atoms with Gasteiger partial charge in [-0.3, -0.25) is 4.90 Å². The molecule has 33 heavy (non-hydrogen) atoms. The summed E-state index contributed by atoms with van der Waals surface area (Å²) in [6, 6.07) is 30.9. The second kappa shape index (κ2) is 12.5. The molecule has 1 heterocycles. The van der Waals surface area contributed by atoms with E-state index < -0.39 is 0 Å². The monoisotopic (exact) mass is 443 g/mol. The van der Waals surface area contributed by atoms with Crippen molar-refractivity contribution in [1.82, 2.24) is 4.90 Å². The summed E-state index contributed by atoms with van der Waals surface area (Å²) in [6.07, 6.45) is 1.55. The number of rotatable bonds is 11. The first-order valence-electron chi connectivity index (χ1n) is 11.6. The van der Waals surface area contributed by atoms with Crippen LogP contribution in [0.15, 0.2) is 104 Å². The number of hydrogen-bond acceptors (Lipinski definition) is 4. The molecule has 4 nitrogen and oxygen atoms in total. The van der Waals surface area contributed by atoms with Crippen LogP contribution in [0.2, 0.25) is 0 Å². The number of benzene rings is 3. The standard InChI is InChI=1S/C29H33NO3/c1-2-18-30-19-27(31-21-24-12-6-3-7-13-24)29(33-23-26-16-10-5-11-17-26)28(20-30)32-22-25-14-8-4-9-15-25/h2-17,27-29H,1,18-23H2/t27-,28+,29?. The molecule has 172 valence electrons. The van der Waals surface area contributed by atoms with Gasteiger partial charge >= 0.3 is 0 Å². The average molecular weight is 444 g/mol. The minimum atomic E-state index is -0.168. The molecule has 4 rings (SSSR count). The Kier molecular flexibility index (Phi) is 8.84. The lowest BCUT2D eigenvalue weighted by atomic mass is 10.0. The Labute approximate surface area is 197 Å². The van der Waals surface area contributed by atoms with Crippen molar-refractivity contribution in [3.05, 3.63) is 120 Å². The summed E-state index contributed by atoms with van der Waals surface area (Å²) in [5.41, 5.74) is 3.46. The lowest BCUT2D eigenvalue weighted by Crippen LogP contribution is -2.58. The van der Waals surface area contributed by atoms with Crippen LogP contribution in [-0.4, -0.2) is 42.8 Å². The topological polar surface area (TPSA) is 30.9 Å². The number of likely N-dealkylation sites (tertiary alicyclic amines) is 1. The SMILES string of the molecule is C=CCN1C[C@H](OCc2ccccc2)C(OCc2ccccc2)[C@H](OCc2ccccc2)C1. The van der Waals surface area contributed by atoms with E-state index in [1.54, 1.807) is 0 Å². The van der Waals surface area contributed by atoms with E-state index in [1.165, 1.54) is 0 Å². The first-order valence-corrected chi connectivity index (χ1v) is 11.6. The van der Waals surface area contributed by atoms with Gasteiger partial charge in [0.2, 0.25) is 0 Å². The second-order valence-electron chi connectivity index (χ2n) is 8.44. The molecule has 3 aromatic carbocycles. The van der Waals surface area contributed by atoms with Crippen LogP contribution in [-0.2, 0) is 34.0 Å². The quantitative estimate of drug-likeness (QED) is 0.379. The number of nitrogens with zero attached hydrogens (tertiary/aromatic N) is 1. The van der Waals surface area contributed by atoms with Crippen molar-refractivity contribution < 1.29 is 14.2 Å². The fraction of sp³-hybridized carbons (Fsp3) is 0.310. The molecule has 3 aromatic rings. The highest BCUT2D eigenvalue weighted by Gasteiger charge is 2.39. The predicted octanol–water partition coefficient (Wildman–Crippen LogP) is 5.24. The minimum absolute atomic E-state index is 0.108. The van der Waals surface area contributed by atoms with E-state index in [0.717, 1.165) is 36.3 Å². The van der Waals surface area contributed by atoms with Gasteiger partial charge in [-0.2, -0.15) is 0 Å². The maximum Gasteiger partial charge on any atom is 0.113 e. The first-order chi connectivity index (χ1) is 16.3. The molecule has 0 N–H and O–H groups in total. The van der Waals surface area contributed by atoms with E-state index in [0.29, 0.717) is 19.8 Å². The van der Waals surface area contributed by atoms with Gasteiger partial charge in [0, 0.05) is 19.6 Å². The van der Waals surface area contributed by atoms with Crippen molar-refractivity contribution in [1.29, 1.82) is 0 Å². The number of piperidine rings is 1. The third-order valence-corrected chi connectivity index (χ3v) is 5.90. The summed E-state index contributed by atoms with van der Waals surface area (Å²) in [4.78, 5) is 2.33. The van der Waals surface area contributed by atoms with Crippen molar-refractivity contribution in [3.8, 4) is 0 Å². The van der Waals surface area contributed by atoms with Crippen LogP contribution in [0.3, 0.4) is 0 Å². The fourth-order valence-electron chi connectivity index (χ4n) is 4.19. The molecular weight excluding hydrogens is 410 g/mol. The smallest absolute Gasteiger partial charge is 0.113 e. The maximum atomic E-state index is 6.50. The van der Waals surface area contributed by atoms with Crippen LogP contribution < -0.4 is 0 Å². The molecule has 1 aliphatic rings. The van der Waals surface area contributed by atoms with Gasteiger partial charge in [-0.25, -0.2) is 0 Å². The Balaban J connectivity index is 1.50. The van der Waals surface area contributed by atoms with Crippen LogP contribution in [0.25, 0.3) is 0 Å². The number of hydrogen-bond donors (Lipinski definition) is 0. The molecule has 0 aliphatic carbocycles. The summed E-state index contributed by atoms with van der Waals surface area (Å²) >= 11 is 0. The van der Waals surface area contributed by atoms with Gasteiger partial charge in [0.25, 0.3) is 0 Å². The summed E-state index contributed by atoms with van der Waals surface area (Å²) in [6.45, 7) is 7.91. The molecule has 3 atom stereocenters. The third-order valence-electron chi connectivity index (χ3n) is 5.90. The van der Waals surface area contributed by atoms with Crippen molar-refractivity contribution >= 4 is 0 Å². The molecule has 1 fully saturated rings. The van der Waals surface area contributed by atoms with Gasteiger partial charge < -0.3 is 14.2 Å². The molecule has 0 bridgehead atoms. The highest BCUT2D eigenvalue weighted by molar-refractivity contribution is 5.15. The molecule has 0 radical (unpaired) electrons. The third kappa shape index (κ3) is 7.11. The van der Waals surface area contributed by atoms with Gasteiger partial charge in [0.1, 0.15) is 6.10 Å². The minimum Gasteiger partial charge on any atom is -0.369 e. The molecule has 4 heteroatoms. The zero-order chi connectivity index (χ0) is 22.7. The van der Waals surface area contributed by atoms with Gasteiger partial charge in [-0.1, -0.05) is 97.1 Å². The highest BCUT2D eigenvalue weighted by atomic mass is 16.6. The molecule has 0 aromatic heterocycles. The molecule has 1 saturated heterocycles. The average Bonchev–Trinajstić information content (AvgIpc) is 2.87. The lowest BCUT2D eigenvalue weighted by Gasteiger charge is -2.43. The molecule has 1 aliphatic heterocycles. The van der Waals surface area contributed by atoms with E-state index in [1.807, 2.05) is 60.7 Å². The summed E-state index contributed by atoms with van der Waals surface area (Å²) < 4.78 is 19.4. The highest BCUT2D eigenvalue weighted by Crippen LogP contribution is 2.24.